The number of nitrogens with zero attached hydrogens (tertiary/aromatic N) is 2. The van der Waals surface area contributed by atoms with Gasteiger partial charge < -0.3 is 10.1 Å². The molecule has 4 nitrogen and oxygen atoms in total. The van der Waals surface area contributed by atoms with Crippen LogP contribution in [0.25, 0.3) is 10.2 Å². The number of aromatic nitrogens is 2. The van der Waals surface area contributed by atoms with Crippen LogP contribution in [0.1, 0.15) is 24.1 Å². The highest BCUT2D eigenvalue weighted by atomic mass is 32.1. The molecule has 1 fully saturated rings. The van der Waals surface area contributed by atoms with E-state index in [-0.39, 0.29) is 0 Å². The summed E-state index contributed by atoms with van der Waals surface area (Å²) in [5.74, 6) is 1.48. The largest absolute Gasteiger partial charge is 0.477 e. The predicted molar refractivity (Wildman–Crippen MR) is 77.9 cm³/mol. The maximum Gasteiger partial charge on any atom is 0.225 e. The average molecular weight is 277 g/mol. The quantitative estimate of drug-likeness (QED) is 0.933. The summed E-state index contributed by atoms with van der Waals surface area (Å²) in [4.78, 5) is 10.8. The normalized spacial score (nSPS) is 19.7. The summed E-state index contributed by atoms with van der Waals surface area (Å²) < 4.78 is 5.86. The first-order valence-corrected chi connectivity index (χ1v) is 7.69. The number of ether oxygens (including phenoxy) is 1. The number of hydrogen-bond donors (Lipinski definition) is 1. The van der Waals surface area contributed by atoms with Crippen molar-refractivity contribution in [2.24, 2.45) is 5.92 Å². The molecule has 0 saturated carbocycles. The third-order valence-electron chi connectivity index (χ3n) is 3.58. The Labute approximate surface area is 117 Å². The minimum absolute atomic E-state index is 0.734. The third-order valence-corrected chi connectivity index (χ3v) is 4.54. The fourth-order valence-corrected chi connectivity index (χ4v) is 3.40. The van der Waals surface area contributed by atoms with Gasteiger partial charge in [-0.2, -0.15) is 0 Å². The lowest BCUT2D eigenvalue weighted by Crippen LogP contribution is -2.30. The second-order valence-electron chi connectivity index (χ2n) is 5.10. The molecule has 3 rings (SSSR count). The van der Waals surface area contributed by atoms with E-state index in [9.17, 15) is 0 Å². The van der Waals surface area contributed by atoms with E-state index >= 15 is 0 Å². The van der Waals surface area contributed by atoms with Gasteiger partial charge in [0.15, 0.2) is 0 Å². The minimum atomic E-state index is 0.734. The van der Waals surface area contributed by atoms with E-state index in [4.69, 9.17) is 4.74 Å². The van der Waals surface area contributed by atoms with Gasteiger partial charge in [0.2, 0.25) is 5.88 Å². The van der Waals surface area contributed by atoms with Crippen LogP contribution in [0, 0.1) is 12.8 Å². The second-order valence-corrected chi connectivity index (χ2v) is 6.34. The van der Waals surface area contributed by atoms with E-state index < -0.39 is 0 Å². The van der Waals surface area contributed by atoms with Crippen LogP contribution in [0.15, 0.2) is 12.4 Å². The average Bonchev–Trinajstić information content (AvgIpc) is 2.81. The Morgan fingerprint density at radius 1 is 1.47 bits per heavy atom. The van der Waals surface area contributed by atoms with Crippen molar-refractivity contribution in [1.82, 2.24) is 15.3 Å². The first-order valence-electron chi connectivity index (χ1n) is 6.87. The number of piperidine rings is 1. The van der Waals surface area contributed by atoms with E-state index in [2.05, 4.69) is 28.3 Å². The minimum Gasteiger partial charge on any atom is -0.477 e. The van der Waals surface area contributed by atoms with Crippen LogP contribution in [-0.4, -0.2) is 29.7 Å². The van der Waals surface area contributed by atoms with Crippen LogP contribution in [0.5, 0.6) is 5.88 Å². The predicted octanol–water partition coefficient (Wildman–Crippen LogP) is 2.77. The van der Waals surface area contributed by atoms with Gasteiger partial charge >= 0.3 is 0 Å². The molecule has 19 heavy (non-hydrogen) atoms. The van der Waals surface area contributed by atoms with Crippen molar-refractivity contribution in [2.75, 3.05) is 19.7 Å². The Hall–Kier alpha value is -1.20. The molecule has 0 spiro atoms. The fraction of sp³-hybridized carbons (Fsp3) is 0.571. The number of thiophene rings is 1. The Balaban J connectivity index is 1.61. The zero-order valence-electron chi connectivity index (χ0n) is 11.2. The molecule has 0 amide bonds. The van der Waals surface area contributed by atoms with Crippen LogP contribution in [0.3, 0.4) is 0 Å². The van der Waals surface area contributed by atoms with E-state index in [1.165, 1.54) is 17.7 Å². The van der Waals surface area contributed by atoms with E-state index in [0.717, 1.165) is 48.1 Å². The topological polar surface area (TPSA) is 47.0 Å². The van der Waals surface area contributed by atoms with Crippen molar-refractivity contribution in [2.45, 2.75) is 26.2 Å². The molecule has 0 aromatic carbocycles. The summed E-state index contributed by atoms with van der Waals surface area (Å²) in [6.07, 6.45) is 5.29. The van der Waals surface area contributed by atoms with Crippen molar-refractivity contribution in [3.05, 3.63) is 17.3 Å². The van der Waals surface area contributed by atoms with Gasteiger partial charge in [0, 0.05) is 4.88 Å². The molecule has 1 N–H and O–H groups in total. The first-order chi connectivity index (χ1) is 9.33. The highest BCUT2D eigenvalue weighted by Gasteiger charge is 2.13. The summed E-state index contributed by atoms with van der Waals surface area (Å²) in [6, 6.07) is 2.11. The monoisotopic (exact) mass is 277 g/mol. The highest BCUT2D eigenvalue weighted by molar-refractivity contribution is 7.18. The summed E-state index contributed by atoms with van der Waals surface area (Å²) in [7, 11) is 0. The van der Waals surface area contributed by atoms with Gasteiger partial charge in [0.05, 0.1) is 12.0 Å². The number of nitrogens with one attached hydrogen (secondary N) is 1. The molecule has 0 aliphatic carbocycles. The molecule has 1 aliphatic heterocycles. The van der Waals surface area contributed by atoms with Gasteiger partial charge in [-0.1, -0.05) is 0 Å². The number of aryl methyl sites for hydroxylation is 1. The van der Waals surface area contributed by atoms with Crippen molar-refractivity contribution < 1.29 is 4.74 Å². The second kappa shape index (κ2) is 5.84. The van der Waals surface area contributed by atoms with Crippen molar-refractivity contribution in [3.8, 4) is 5.88 Å². The van der Waals surface area contributed by atoms with E-state index in [1.807, 2.05) is 0 Å². The van der Waals surface area contributed by atoms with E-state index in [1.54, 1.807) is 17.7 Å². The van der Waals surface area contributed by atoms with Gasteiger partial charge in [-0.15, -0.1) is 11.3 Å². The molecule has 3 heterocycles. The van der Waals surface area contributed by atoms with Crippen molar-refractivity contribution in [3.63, 3.8) is 0 Å². The maximum atomic E-state index is 5.86. The summed E-state index contributed by atoms with van der Waals surface area (Å²) >= 11 is 1.69. The molecule has 2 aromatic rings. The summed E-state index contributed by atoms with van der Waals surface area (Å²) in [5, 5.41) is 4.48. The summed E-state index contributed by atoms with van der Waals surface area (Å²) in [5.41, 5.74) is 0. The molecule has 2 aromatic heterocycles. The third kappa shape index (κ3) is 3.04. The highest BCUT2D eigenvalue weighted by Crippen LogP contribution is 2.29. The number of fused-ring (bicyclic) bond motifs is 1. The zero-order valence-corrected chi connectivity index (χ0v) is 12.0. The van der Waals surface area contributed by atoms with Crippen LogP contribution >= 0.6 is 11.3 Å². The summed E-state index contributed by atoms with van der Waals surface area (Å²) in [6.45, 7) is 5.12. The Morgan fingerprint density at radius 2 is 2.42 bits per heavy atom. The van der Waals surface area contributed by atoms with E-state index in [0.29, 0.717) is 0 Å². The SMILES string of the molecule is Cc1cc2c(OCCC3CCCNC3)ncnc2s1. The molecule has 1 aliphatic rings. The van der Waals surface area contributed by atoms with Gasteiger partial charge in [-0.3, -0.25) is 0 Å². The lowest BCUT2D eigenvalue weighted by Gasteiger charge is -2.22. The van der Waals surface area contributed by atoms with Gasteiger partial charge in [-0.25, -0.2) is 9.97 Å². The lowest BCUT2D eigenvalue weighted by atomic mass is 9.97. The van der Waals surface area contributed by atoms with Crippen molar-refractivity contribution in [1.29, 1.82) is 0 Å². The zero-order chi connectivity index (χ0) is 13.1. The molecule has 102 valence electrons. The fourth-order valence-electron chi connectivity index (χ4n) is 2.56. The molecule has 1 atom stereocenters. The number of hydrogen-bond acceptors (Lipinski definition) is 5. The molecular formula is C14H19N3OS. The van der Waals surface area contributed by atoms with Crippen molar-refractivity contribution >= 4 is 21.6 Å². The molecule has 0 radical (unpaired) electrons. The van der Waals surface area contributed by atoms with Crippen LogP contribution < -0.4 is 10.1 Å². The molecule has 1 unspecified atom stereocenters. The molecule has 1 saturated heterocycles. The van der Waals surface area contributed by atoms with Crippen LogP contribution in [-0.2, 0) is 0 Å². The smallest absolute Gasteiger partial charge is 0.225 e. The number of rotatable bonds is 4. The molecule has 5 heteroatoms. The van der Waals surface area contributed by atoms with Gasteiger partial charge in [-0.05, 0) is 51.3 Å². The Morgan fingerprint density at radius 3 is 3.26 bits per heavy atom. The van der Waals surface area contributed by atoms with Crippen LogP contribution in [0.2, 0.25) is 0 Å². The molecular weight excluding hydrogens is 258 g/mol. The van der Waals surface area contributed by atoms with Gasteiger partial charge in [0.25, 0.3) is 0 Å². The van der Waals surface area contributed by atoms with Crippen LogP contribution in [0.4, 0.5) is 0 Å². The Bertz CT molecular complexity index is 549. The maximum absolute atomic E-state index is 5.86. The molecule has 0 bridgehead atoms. The lowest BCUT2D eigenvalue weighted by molar-refractivity contribution is 0.249. The first kappa shape index (κ1) is 12.8. The van der Waals surface area contributed by atoms with Gasteiger partial charge in [0.1, 0.15) is 11.2 Å². The Kier molecular flexibility index (Phi) is 3.94. The standard InChI is InChI=1S/C14H19N3OS/c1-10-7-12-13(16-9-17-14(12)19-10)18-6-4-11-3-2-5-15-8-11/h7,9,11,15H,2-6,8H2,1H3.